The minimum Gasteiger partial charge on any atom is -0.465 e. The third-order valence-corrected chi connectivity index (χ3v) is 5.07. The lowest BCUT2D eigenvalue weighted by Gasteiger charge is -2.07. The van der Waals surface area contributed by atoms with Crippen molar-refractivity contribution in [3.63, 3.8) is 0 Å². The number of benzene rings is 2. The number of rotatable bonds is 6. The minimum absolute atomic E-state index is 0.146. The van der Waals surface area contributed by atoms with E-state index in [0.29, 0.717) is 22.3 Å². The summed E-state index contributed by atoms with van der Waals surface area (Å²) in [7, 11) is -0.830. The lowest BCUT2D eigenvalue weighted by atomic mass is 10.1. The van der Waals surface area contributed by atoms with Crippen LogP contribution >= 0.6 is 0 Å². The molecule has 0 saturated carbocycles. The van der Waals surface area contributed by atoms with Crippen molar-refractivity contribution in [3.05, 3.63) is 70.8 Å². The lowest BCUT2D eigenvalue weighted by Crippen LogP contribution is -2.09. The second kappa shape index (κ2) is 7.94. The van der Waals surface area contributed by atoms with Gasteiger partial charge in [0.15, 0.2) is 9.84 Å². The van der Waals surface area contributed by atoms with Crippen LogP contribution in [0.1, 0.15) is 31.8 Å². The van der Waals surface area contributed by atoms with Gasteiger partial charge in [0.1, 0.15) is 0 Å². The minimum atomic E-state index is -3.40. The quantitative estimate of drug-likeness (QED) is 0.733. The van der Waals surface area contributed by atoms with Crippen LogP contribution in [0.5, 0.6) is 0 Å². The number of hydrogen-bond donors (Lipinski definition) is 0. The van der Waals surface area contributed by atoms with E-state index in [1.165, 1.54) is 38.5 Å². The molecule has 0 heterocycles. The van der Waals surface area contributed by atoms with Gasteiger partial charge in [-0.25, -0.2) is 18.0 Å². The summed E-state index contributed by atoms with van der Waals surface area (Å²) in [4.78, 5) is 22.7. The topological polar surface area (TPSA) is 86.7 Å². The fourth-order valence-electron chi connectivity index (χ4n) is 2.27. The lowest BCUT2D eigenvalue weighted by molar-refractivity contribution is 0.0592. The molecule has 0 fully saturated rings. The van der Waals surface area contributed by atoms with Crippen molar-refractivity contribution in [3.8, 4) is 0 Å². The molecule has 0 N–H and O–H groups in total. The SMILES string of the molecule is COC(=O)c1ccc(CS(=O)(=O)Cc2ccc(C(=O)OC)cc2)cc1. The summed E-state index contributed by atoms with van der Waals surface area (Å²) in [5.74, 6) is -1.24. The Bertz CT molecular complexity index is 784. The van der Waals surface area contributed by atoms with Crippen LogP contribution in [0.15, 0.2) is 48.5 Å². The molecule has 0 radical (unpaired) electrons. The van der Waals surface area contributed by atoms with Crippen molar-refractivity contribution in [2.75, 3.05) is 14.2 Å². The molecule has 0 aliphatic rings. The van der Waals surface area contributed by atoms with Crippen LogP contribution in [-0.4, -0.2) is 34.6 Å². The number of sulfone groups is 1. The average Bonchev–Trinajstić information content (AvgIpc) is 2.61. The van der Waals surface area contributed by atoms with Gasteiger partial charge in [0.2, 0.25) is 0 Å². The molecule has 6 nitrogen and oxygen atoms in total. The van der Waals surface area contributed by atoms with Crippen molar-refractivity contribution in [1.29, 1.82) is 0 Å². The highest BCUT2D eigenvalue weighted by atomic mass is 32.2. The Morgan fingerprint density at radius 1 is 0.720 bits per heavy atom. The Balaban J connectivity index is 2.06. The number of carbonyl (C=O) groups is 2. The summed E-state index contributed by atoms with van der Waals surface area (Å²) in [6.07, 6.45) is 0. The van der Waals surface area contributed by atoms with Crippen LogP contribution in [-0.2, 0) is 30.8 Å². The van der Waals surface area contributed by atoms with Crippen molar-refractivity contribution < 1.29 is 27.5 Å². The molecule has 132 valence electrons. The van der Waals surface area contributed by atoms with E-state index in [0.717, 1.165) is 0 Å². The first-order valence-electron chi connectivity index (χ1n) is 7.39. The van der Waals surface area contributed by atoms with Gasteiger partial charge in [-0.3, -0.25) is 0 Å². The van der Waals surface area contributed by atoms with Gasteiger partial charge in [0.25, 0.3) is 0 Å². The maximum absolute atomic E-state index is 12.3. The van der Waals surface area contributed by atoms with Crippen LogP contribution in [0.3, 0.4) is 0 Å². The highest BCUT2D eigenvalue weighted by Gasteiger charge is 2.15. The fourth-order valence-corrected chi connectivity index (χ4v) is 3.77. The maximum atomic E-state index is 12.3. The van der Waals surface area contributed by atoms with Crippen molar-refractivity contribution in [2.45, 2.75) is 11.5 Å². The molecule has 0 spiro atoms. The predicted molar refractivity (Wildman–Crippen MR) is 91.9 cm³/mol. The molecule has 0 atom stereocenters. The van der Waals surface area contributed by atoms with E-state index < -0.39 is 21.8 Å². The van der Waals surface area contributed by atoms with Crippen molar-refractivity contribution in [1.82, 2.24) is 0 Å². The Labute approximate surface area is 146 Å². The number of carbonyl (C=O) groups excluding carboxylic acids is 2. The van der Waals surface area contributed by atoms with Crippen LogP contribution in [0, 0.1) is 0 Å². The number of methoxy groups -OCH3 is 2. The molecule has 25 heavy (non-hydrogen) atoms. The Morgan fingerprint density at radius 2 is 1.04 bits per heavy atom. The van der Waals surface area contributed by atoms with Gasteiger partial charge in [-0.05, 0) is 35.4 Å². The molecular formula is C18H18O6S. The number of esters is 2. The second-order valence-corrected chi connectivity index (χ2v) is 7.47. The molecule has 2 aromatic rings. The molecule has 2 rings (SSSR count). The summed E-state index contributed by atoms with van der Waals surface area (Å²) < 4.78 is 33.9. The molecule has 0 saturated heterocycles. The van der Waals surface area contributed by atoms with Gasteiger partial charge in [-0.1, -0.05) is 24.3 Å². The molecule has 0 bridgehead atoms. The van der Waals surface area contributed by atoms with E-state index in [-0.39, 0.29) is 11.5 Å². The monoisotopic (exact) mass is 362 g/mol. The zero-order valence-corrected chi connectivity index (χ0v) is 14.7. The van der Waals surface area contributed by atoms with E-state index in [9.17, 15) is 18.0 Å². The standard InChI is InChI=1S/C18H18O6S/c1-23-17(19)15-7-3-13(4-8-15)11-25(21,22)12-14-5-9-16(10-6-14)18(20)24-2/h3-10H,11-12H2,1-2H3. The zero-order valence-electron chi connectivity index (χ0n) is 13.9. The average molecular weight is 362 g/mol. The molecule has 0 unspecified atom stereocenters. The smallest absolute Gasteiger partial charge is 0.337 e. The van der Waals surface area contributed by atoms with Crippen LogP contribution in [0.4, 0.5) is 0 Å². The van der Waals surface area contributed by atoms with Gasteiger partial charge >= 0.3 is 11.9 Å². The molecule has 0 aromatic heterocycles. The number of ether oxygens (including phenoxy) is 2. The van der Waals surface area contributed by atoms with E-state index in [2.05, 4.69) is 9.47 Å². The maximum Gasteiger partial charge on any atom is 0.337 e. The second-order valence-electron chi connectivity index (χ2n) is 5.41. The third-order valence-electron chi connectivity index (χ3n) is 3.52. The van der Waals surface area contributed by atoms with E-state index in [1.807, 2.05) is 0 Å². The van der Waals surface area contributed by atoms with Gasteiger partial charge in [0.05, 0.1) is 36.9 Å². The summed E-state index contributed by atoms with van der Waals surface area (Å²) in [5, 5.41) is 0. The van der Waals surface area contributed by atoms with Gasteiger partial charge in [-0.15, -0.1) is 0 Å². The first-order valence-corrected chi connectivity index (χ1v) is 9.21. The summed E-state index contributed by atoms with van der Waals surface area (Å²) in [5.41, 5.74) is 1.89. The van der Waals surface area contributed by atoms with Gasteiger partial charge in [0, 0.05) is 0 Å². The predicted octanol–water partition coefficient (Wildman–Crippen LogP) is 2.37. The van der Waals surface area contributed by atoms with Crippen molar-refractivity contribution in [2.24, 2.45) is 0 Å². The highest BCUT2D eigenvalue weighted by Crippen LogP contribution is 2.15. The molecular weight excluding hydrogens is 344 g/mol. The molecule has 7 heteroatoms. The van der Waals surface area contributed by atoms with E-state index in [4.69, 9.17) is 0 Å². The van der Waals surface area contributed by atoms with Gasteiger partial charge < -0.3 is 9.47 Å². The number of hydrogen-bond acceptors (Lipinski definition) is 6. The largest absolute Gasteiger partial charge is 0.465 e. The summed E-state index contributed by atoms with van der Waals surface area (Å²) in [6.45, 7) is 0. The first-order chi connectivity index (χ1) is 11.8. The molecule has 0 aliphatic carbocycles. The van der Waals surface area contributed by atoms with Crippen LogP contribution in [0.2, 0.25) is 0 Å². The zero-order chi connectivity index (χ0) is 18.4. The molecule has 2 aromatic carbocycles. The van der Waals surface area contributed by atoms with Gasteiger partial charge in [-0.2, -0.15) is 0 Å². The molecule has 0 aliphatic heterocycles. The Kier molecular flexibility index (Phi) is 5.93. The normalized spacial score (nSPS) is 11.0. The van der Waals surface area contributed by atoms with E-state index >= 15 is 0 Å². The Hall–Kier alpha value is -2.67. The van der Waals surface area contributed by atoms with Crippen molar-refractivity contribution >= 4 is 21.8 Å². The summed E-state index contributed by atoms with van der Waals surface area (Å²) >= 11 is 0. The van der Waals surface area contributed by atoms with E-state index in [1.54, 1.807) is 24.3 Å². The fraction of sp³-hybridized carbons (Fsp3) is 0.222. The highest BCUT2D eigenvalue weighted by molar-refractivity contribution is 7.89. The van der Waals surface area contributed by atoms with Crippen LogP contribution in [0.25, 0.3) is 0 Å². The first kappa shape index (κ1) is 18.7. The Morgan fingerprint density at radius 3 is 1.32 bits per heavy atom. The third kappa shape index (κ3) is 5.15. The summed E-state index contributed by atoms with van der Waals surface area (Å²) in [6, 6.07) is 12.5. The molecule has 0 amide bonds. The van der Waals surface area contributed by atoms with Crippen LogP contribution < -0.4 is 0 Å².